The number of carbonyl (C=O) groups is 1. The van der Waals surface area contributed by atoms with Crippen molar-refractivity contribution < 1.29 is 19.1 Å². The molecule has 4 rings (SSSR count). The van der Waals surface area contributed by atoms with Crippen LogP contribution in [0.3, 0.4) is 0 Å². The van der Waals surface area contributed by atoms with Crippen LogP contribution in [0.15, 0.2) is 52.1 Å². The van der Waals surface area contributed by atoms with Gasteiger partial charge in [0.05, 0.1) is 23.6 Å². The summed E-state index contributed by atoms with van der Waals surface area (Å²) >= 11 is 1.45. The van der Waals surface area contributed by atoms with Gasteiger partial charge in [-0.1, -0.05) is 18.2 Å². The minimum Gasteiger partial charge on any atom is -0.496 e. The van der Waals surface area contributed by atoms with Gasteiger partial charge in [-0.25, -0.2) is 9.78 Å². The van der Waals surface area contributed by atoms with Gasteiger partial charge in [-0.2, -0.15) is 0 Å². The van der Waals surface area contributed by atoms with Crippen molar-refractivity contribution in [2.24, 2.45) is 0 Å². The number of carboxylic acid groups (broad SMARTS) is 1. The smallest absolute Gasteiger partial charge is 0.329 e. The van der Waals surface area contributed by atoms with Crippen LogP contribution in [-0.2, 0) is 23.2 Å². The van der Waals surface area contributed by atoms with Crippen LogP contribution in [0, 0.1) is 6.92 Å². The lowest BCUT2D eigenvalue weighted by molar-refractivity contribution is -0.145. The summed E-state index contributed by atoms with van der Waals surface area (Å²) in [4.78, 5) is 30.4. The maximum Gasteiger partial charge on any atom is 0.329 e. The van der Waals surface area contributed by atoms with Crippen molar-refractivity contribution in [3.63, 3.8) is 0 Å². The van der Waals surface area contributed by atoms with Crippen molar-refractivity contribution in [2.75, 3.05) is 7.11 Å². The molecule has 0 unspecified atom stereocenters. The third-order valence-electron chi connectivity index (χ3n) is 5.76. The maximum atomic E-state index is 13.4. The van der Waals surface area contributed by atoms with Crippen LogP contribution in [0.4, 0.5) is 0 Å². The number of hydrogen-bond donors (Lipinski definition) is 1. The lowest BCUT2D eigenvalue weighted by atomic mass is 10.0. The average molecular weight is 453 g/mol. The van der Waals surface area contributed by atoms with Gasteiger partial charge >= 0.3 is 5.97 Å². The van der Waals surface area contributed by atoms with E-state index in [0.29, 0.717) is 24.1 Å². The van der Waals surface area contributed by atoms with Crippen LogP contribution < -0.4 is 10.3 Å². The van der Waals surface area contributed by atoms with Crippen LogP contribution in [0.5, 0.6) is 5.75 Å². The molecule has 0 fully saturated rings. The number of aryl methyl sites for hydroxylation is 3. The van der Waals surface area contributed by atoms with Crippen molar-refractivity contribution in [1.82, 2.24) is 9.55 Å². The summed E-state index contributed by atoms with van der Waals surface area (Å²) < 4.78 is 13.1. The second-order valence-corrected chi connectivity index (χ2v) is 9.12. The third-order valence-corrected chi connectivity index (χ3v) is 7.12. The first-order valence-corrected chi connectivity index (χ1v) is 11.0. The molecule has 0 aliphatic rings. The van der Waals surface area contributed by atoms with Gasteiger partial charge in [0.15, 0.2) is 0 Å². The zero-order chi connectivity index (χ0) is 23.0. The monoisotopic (exact) mass is 452 g/mol. The Bertz CT molecular complexity index is 1350. The van der Waals surface area contributed by atoms with Crippen LogP contribution in [0.1, 0.15) is 30.5 Å². The molecule has 0 aliphatic carbocycles. The number of rotatable bonds is 7. The lowest BCUT2D eigenvalue weighted by Gasteiger charge is -2.24. The highest BCUT2D eigenvalue weighted by Gasteiger charge is 2.32. The zero-order valence-electron chi connectivity index (χ0n) is 18.3. The summed E-state index contributed by atoms with van der Waals surface area (Å²) in [5.41, 5.74) is 0.943. The minimum atomic E-state index is -1.40. The molecular formula is C24H24N2O5S. The fraction of sp³-hybridized carbons (Fsp3) is 0.292. The van der Waals surface area contributed by atoms with E-state index in [2.05, 4.69) is 4.98 Å². The van der Waals surface area contributed by atoms with Gasteiger partial charge < -0.3 is 14.3 Å². The predicted octanol–water partition coefficient (Wildman–Crippen LogP) is 4.64. The fourth-order valence-corrected chi connectivity index (χ4v) is 5.08. The van der Waals surface area contributed by atoms with E-state index in [9.17, 15) is 14.7 Å². The first kappa shape index (κ1) is 21.8. The number of aliphatic carboxylic acids is 1. The molecule has 7 nitrogen and oxygen atoms in total. The number of fused-ring (bicyclic) bond motifs is 1. The van der Waals surface area contributed by atoms with Crippen LogP contribution in [0.25, 0.3) is 20.9 Å². The average Bonchev–Trinajstić information content (AvgIpc) is 3.41. The molecule has 3 aromatic heterocycles. The van der Waals surface area contributed by atoms with E-state index >= 15 is 0 Å². The molecule has 1 aromatic carbocycles. The fourth-order valence-electron chi connectivity index (χ4n) is 3.81. The summed E-state index contributed by atoms with van der Waals surface area (Å²) in [6.07, 6.45) is 6.03. The number of ether oxygens (including phenoxy) is 1. The SMILES string of the molecule is COc1ccccc1CCc1cn(C(C)(C)C(=O)O)c(=O)c2c(C)c(-c3ncco3)sc12. The Morgan fingerprint density at radius 2 is 1.97 bits per heavy atom. The van der Waals surface area contributed by atoms with Crippen molar-refractivity contribution in [3.05, 3.63) is 70.0 Å². The van der Waals surface area contributed by atoms with Gasteiger partial charge in [-0.05, 0) is 56.4 Å². The summed E-state index contributed by atoms with van der Waals surface area (Å²) in [5.74, 6) is 0.170. The highest BCUT2D eigenvalue weighted by atomic mass is 32.1. The van der Waals surface area contributed by atoms with Gasteiger partial charge in [-0.3, -0.25) is 9.36 Å². The molecule has 0 amide bonds. The van der Waals surface area contributed by atoms with Crippen molar-refractivity contribution in [2.45, 2.75) is 39.2 Å². The Morgan fingerprint density at radius 1 is 1.25 bits per heavy atom. The normalized spacial score (nSPS) is 11.8. The van der Waals surface area contributed by atoms with E-state index in [1.807, 2.05) is 31.2 Å². The number of pyridine rings is 1. The molecule has 0 aliphatic heterocycles. The number of aromatic nitrogens is 2. The highest BCUT2D eigenvalue weighted by molar-refractivity contribution is 7.22. The number of benzene rings is 1. The van der Waals surface area contributed by atoms with E-state index in [0.717, 1.165) is 32.0 Å². The second-order valence-electron chi connectivity index (χ2n) is 8.10. The largest absolute Gasteiger partial charge is 0.496 e. The van der Waals surface area contributed by atoms with Crippen molar-refractivity contribution >= 4 is 27.4 Å². The molecule has 4 aromatic rings. The number of thiophene rings is 1. The molecule has 0 saturated carbocycles. The molecule has 3 heterocycles. The maximum absolute atomic E-state index is 13.4. The molecule has 166 valence electrons. The number of nitrogens with zero attached hydrogens (tertiary/aromatic N) is 2. The Labute approximate surface area is 188 Å². The molecule has 1 N–H and O–H groups in total. The molecule has 0 atom stereocenters. The van der Waals surface area contributed by atoms with Gasteiger partial charge in [0.2, 0.25) is 5.89 Å². The van der Waals surface area contributed by atoms with E-state index < -0.39 is 11.5 Å². The summed E-state index contributed by atoms with van der Waals surface area (Å²) in [6, 6.07) is 7.79. The lowest BCUT2D eigenvalue weighted by Crippen LogP contribution is -2.42. The summed E-state index contributed by atoms with van der Waals surface area (Å²) in [5, 5.41) is 10.3. The van der Waals surface area contributed by atoms with E-state index in [1.54, 1.807) is 19.5 Å². The second kappa shape index (κ2) is 8.27. The Hall–Kier alpha value is -3.39. The Kier molecular flexibility index (Phi) is 5.64. The summed E-state index contributed by atoms with van der Waals surface area (Å²) in [6.45, 7) is 4.91. The molecule has 8 heteroatoms. The van der Waals surface area contributed by atoms with Gasteiger partial charge in [0.25, 0.3) is 5.56 Å². The van der Waals surface area contributed by atoms with Gasteiger partial charge in [0.1, 0.15) is 17.6 Å². The molecule has 0 radical (unpaired) electrons. The molecule has 0 spiro atoms. The highest BCUT2D eigenvalue weighted by Crippen LogP contribution is 2.38. The minimum absolute atomic E-state index is 0.333. The van der Waals surface area contributed by atoms with Crippen LogP contribution in [0.2, 0.25) is 0 Å². The van der Waals surface area contributed by atoms with Crippen molar-refractivity contribution in [3.8, 4) is 16.5 Å². The topological polar surface area (TPSA) is 94.6 Å². The Morgan fingerprint density at radius 3 is 2.62 bits per heavy atom. The zero-order valence-corrected chi connectivity index (χ0v) is 19.2. The van der Waals surface area contributed by atoms with Gasteiger partial charge in [-0.15, -0.1) is 11.3 Å². The number of methoxy groups -OCH3 is 1. The molecule has 32 heavy (non-hydrogen) atoms. The standard InChI is InChI=1S/C24H24N2O5S/c1-14-18-20(32-19(14)21-25-11-12-31-21)16(10-9-15-7-5-6-8-17(15)30-4)13-26(22(18)27)24(2,3)23(28)29/h5-8,11-13H,9-10H2,1-4H3,(H,28,29). The number of hydrogen-bond acceptors (Lipinski definition) is 6. The number of oxazole rings is 1. The molecule has 0 saturated heterocycles. The van der Waals surface area contributed by atoms with Crippen LogP contribution in [-0.4, -0.2) is 27.7 Å². The molecular weight excluding hydrogens is 428 g/mol. The van der Waals surface area contributed by atoms with Crippen molar-refractivity contribution in [1.29, 1.82) is 0 Å². The number of carboxylic acids is 1. The van der Waals surface area contributed by atoms with E-state index in [1.165, 1.54) is 36.0 Å². The van der Waals surface area contributed by atoms with Crippen LogP contribution >= 0.6 is 11.3 Å². The molecule has 0 bridgehead atoms. The third kappa shape index (κ3) is 3.60. The van der Waals surface area contributed by atoms with E-state index in [-0.39, 0.29) is 5.56 Å². The first-order valence-electron chi connectivity index (χ1n) is 10.2. The van der Waals surface area contributed by atoms with Gasteiger partial charge in [0, 0.05) is 10.9 Å². The first-order chi connectivity index (χ1) is 15.3. The number of para-hydroxylation sites is 1. The quantitative estimate of drug-likeness (QED) is 0.439. The Balaban J connectivity index is 1.92. The van der Waals surface area contributed by atoms with E-state index in [4.69, 9.17) is 9.15 Å². The summed E-state index contributed by atoms with van der Waals surface area (Å²) in [7, 11) is 1.64. The predicted molar refractivity (Wildman–Crippen MR) is 124 cm³/mol.